The molecule has 1 aliphatic carbocycles. The minimum Gasteiger partial charge on any atom is -0.507 e. The van der Waals surface area contributed by atoms with E-state index in [0.717, 1.165) is 6.08 Å². The number of methoxy groups -OCH3 is 1. The van der Waals surface area contributed by atoms with E-state index in [-0.39, 0.29) is 58.1 Å². The number of fused-ring (bicyclic) bond motifs is 9. The number of allylic oxidation sites excluding steroid dienone is 4. The molecule has 1 fully saturated rings. The molecule has 5 aliphatic rings. The van der Waals surface area contributed by atoms with Crippen LogP contribution in [-0.4, -0.2) is 71.6 Å². The van der Waals surface area contributed by atoms with Crippen LogP contribution in [0.5, 0.6) is 11.5 Å². The average molecular weight is 650 g/mol. The summed E-state index contributed by atoms with van der Waals surface area (Å²) in [6.07, 6.45) is 7.84. The number of Topliss-reactive ketones (excluding diaryl/α,β-unsaturated/α-hetero) is 2. The van der Waals surface area contributed by atoms with E-state index in [9.17, 15) is 29.1 Å². The van der Waals surface area contributed by atoms with E-state index in [1.54, 1.807) is 25.2 Å². The van der Waals surface area contributed by atoms with E-state index in [1.807, 2.05) is 13.0 Å². The normalized spacial score (nSPS) is 33.3. The Kier molecular flexibility index (Phi) is 9.29. The number of nitrogens with one attached hydrogen (secondary N) is 1. The molecule has 1 saturated heterocycles. The third kappa shape index (κ3) is 6.27. The predicted molar refractivity (Wildman–Crippen MR) is 167 cm³/mol. The maximum Gasteiger partial charge on any atom is 0.312 e. The number of hydrogen-bond donors (Lipinski definition) is 2. The van der Waals surface area contributed by atoms with Gasteiger partial charge in [0.05, 0.1) is 47.0 Å². The summed E-state index contributed by atoms with van der Waals surface area (Å²) < 4.78 is 29.5. The van der Waals surface area contributed by atoms with Crippen LogP contribution in [0.25, 0.3) is 0 Å². The molecule has 0 unspecified atom stereocenters. The molecule has 12 heteroatoms. The van der Waals surface area contributed by atoms with Crippen molar-refractivity contribution in [3.05, 3.63) is 70.2 Å². The molecule has 7 bridgehead atoms. The lowest BCUT2D eigenvalue weighted by atomic mass is 9.84. The SMILES string of the molecule is CO[C@H]1/C=C/O[C@@]2(C)Oc3c(C)c(O)c4c(c3C2=O)C(=O)C=C(NC(=O)/C(C)=C\C=C\[C@H](C)[C@@H]2O[C@H](C[C@@H]2C)[C@H](OC(C)=O)C1)C4=O. The second kappa shape index (κ2) is 12.9. The Hall–Kier alpha value is -4.55. The van der Waals surface area contributed by atoms with Crippen LogP contribution >= 0.6 is 0 Å². The van der Waals surface area contributed by atoms with Gasteiger partial charge in [0, 0.05) is 50.5 Å². The second-order valence-electron chi connectivity index (χ2n) is 12.6. The molecule has 1 aromatic carbocycles. The van der Waals surface area contributed by atoms with Crippen LogP contribution in [0, 0.1) is 18.8 Å². The summed E-state index contributed by atoms with van der Waals surface area (Å²) in [6.45, 7) is 9.70. The molecule has 47 heavy (non-hydrogen) atoms. The summed E-state index contributed by atoms with van der Waals surface area (Å²) in [5.74, 6) is -6.02. The van der Waals surface area contributed by atoms with Crippen molar-refractivity contribution in [3.63, 3.8) is 0 Å². The zero-order valence-electron chi connectivity index (χ0n) is 27.4. The summed E-state index contributed by atoms with van der Waals surface area (Å²) in [5, 5.41) is 13.5. The second-order valence-corrected chi connectivity index (χ2v) is 12.6. The number of benzene rings is 1. The number of carbonyl (C=O) groups excluding carboxylic acids is 5. The first-order chi connectivity index (χ1) is 22.2. The highest BCUT2D eigenvalue weighted by Crippen LogP contribution is 2.47. The molecular weight excluding hydrogens is 610 g/mol. The van der Waals surface area contributed by atoms with Gasteiger partial charge in [-0.3, -0.25) is 24.0 Å². The molecule has 4 heterocycles. The van der Waals surface area contributed by atoms with Gasteiger partial charge in [0.2, 0.25) is 5.78 Å². The number of ether oxygens (including phenoxy) is 5. The van der Waals surface area contributed by atoms with Crippen molar-refractivity contribution in [2.75, 3.05) is 7.11 Å². The Morgan fingerprint density at radius 3 is 2.47 bits per heavy atom. The lowest BCUT2D eigenvalue weighted by Crippen LogP contribution is -2.39. The molecule has 1 amide bonds. The fraction of sp³-hybridized carbons (Fsp3) is 0.457. The van der Waals surface area contributed by atoms with Gasteiger partial charge in [-0.2, -0.15) is 0 Å². The Labute approximate surface area is 272 Å². The third-order valence-corrected chi connectivity index (χ3v) is 9.06. The van der Waals surface area contributed by atoms with Gasteiger partial charge in [0.15, 0.2) is 5.78 Å². The number of carbonyl (C=O) groups is 5. The van der Waals surface area contributed by atoms with Crippen molar-refractivity contribution in [3.8, 4) is 11.5 Å². The molecule has 7 atom stereocenters. The third-order valence-electron chi connectivity index (χ3n) is 9.06. The molecule has 6 rings (SSSR count). The number of rotatable bonds is 2. The first kappa shape index (κ1) is 33.8. The van der Waals surface area contributed by atoms with E-state index >= 15 is 0 Å². The number of amides is 1. The largest absolute Gasteiger partial charge is 0.507 e. The van der Waals surface area contributed by atoms with Gasteiger partial charge >= 0.3 is 11.8 Å². The minimum absolute atomic E-state index is 0.0463. The first-order valence-electron chi connectivity index (χ1n) is 15.5. The van der Waals surface area contributed by atoms with Crippen molar-refractivity contribution < 1.29 is 52.8 Å². The van der Waals surface area contributed by atoms with Crippen LogP contribution in [0.4, 0.5) is 0 Å². The van der Waals surface area contributed by atoms with Crippen LogP contribution in [0.1, 0.15) is 84.1 Å². The lowest BCUT2D eigenvalue weighted by molar-refractivity contribution is -0.157. The predicted octanol–water partition coefficient (Wildman–Crippen LogP) is 4.18. The smallest absolute Gasteiger partial charge is 0.312 e. The van der Waals surface area contributed by atoms with Crippen LogP contribution in [-0.2, 0) is 28.5 Å². The molecule has 250 valence electrons. The van der Waals surface area contributed by atoms with E-state index in [1.165, 1.54) is 34.1 Å². The summed E-state index contributed by atoms with van der Waals surface area (Å²) in [7, 11) is 1.48. The Bertz CT molecular complexity index is 1670. The van der Waals surface area contributed by atoms with Crippen LogP contribution < -0.4 is 10.1 Å². The van der Waals surface area contributed by atoms with Crippen molar-refractivity contribution in [1.82, 2.24) is 5.32 Å². The highest BCUT2D eigenvalue weighted by atomic mass is 16.7. The zero-order valence-corrected chi connectivity index (χ0v) is 27.4. The molecular formula is C35H39NO11. The summed E-state index contributed by atoms with van der Waals surface area (Å²) in [4.78, 5) is 65.9. The number of phenolic OH excluding ortho intramolecular Hbond substituents is 1. The Morgan fingerprint density at radius 1 is 1.06 bits per heavy atom. The molecule has 4 aliphatic heterocycles. The van der Waals surface area contributed by atoms with E-state index in [0.29, 0.717) is 6.42 Å². The summed E-state index contributed by atoms with van der Waals surface area (Å²) >= 11 is 0. The van der Waals surface area contributed by atoms with E-state index in [4.69, 9.17) is 23.7 Å². The zero-order chi connectivity index (χ0) is 34.4. The summed E-state index contributed by atoms with van der Waals surface area (Å²) in [6, 6.07) is 0. The minimum atomic E-state index is -1.96. The Balaban J connectivity index is 1.57. The highest BCUT2D eigenvalue weighted by molar-refractivity contribution is 6.30. The van der Waals surface area contributed by atoms with Crippen molar-refractivity contribution in [1.29, 1.82) is 0 Å². The average Bonchev–Trinajstić information content (AvgIpc) is 3.52. The number of aromatic hydroxyl groups is 1. The molecule has 12 nitrogen and oxygen atoms in total. The van der Waals surface area contributed by atoms with E-state index in [2.05, 4.69) is 12.2 Å². The van der Waals surface area contributed by atoms with Gasteiger partial charge < -0.3 is 34.1 Å². The molecule has 0 spiro atoms. The van der Waals surface area contributed by atoms with Gasteiger partial charge in [-0.25, -0.2) is 0 Å². The lowest BCUT2D eigenvalue weighted by Gasteiger charge is -2.27. The fourth-order valence-corrected chi connectivity index (χ4v) is 6.48. The van der Waals surface area contributed by atoms with Crippen LogP contribution in [0.2, 0.25) is 0 Å². The molecule has 1 aromatic rings. The number of esters is 1. The van der Waals surface area contributed by atoms with Gasteiger partial charge in [0.25, 0.3) is 11.7 Å². The standard InChI is InChI=1S/C35H39NO11/c1-16-9-8-10-17(2)34(42)36-22-15-23(38)26-27(30(22)40)29(39)19(4)32-28(26)33(41)35(6,47-32)44-12-11-21(43-7)14-25(45-20(5)37)24-13-18(3)31(16)46-24/h8-12,15-16,18,21,24-25,31,39H,13-14H2,1-7H3,(H,36,42)/b9-8+,12-11+,17-10-/t16-,18-,21-,24+,25+,31-,35-/m0/s1. The topological polar surface area (TPSA) is 164 Å². The van der Waals surface area contributed by atoms with Gasteiger partial charge in [0.1, 0.15) is 17.6 Å². The summed E-state index contributed by atoms with van der Waals surface area (Å²) in [5.41, 5.74) is -1.000. The molecule has 0 saturated carbocycles. The van der Waals surface area contributed by atoms with Crippen LogP contribution in [0.15, 0.2) is 47.9 Å². The van der Waals surface area contributed by atoms with Gasteiger partial charge in [-0.1, -0.05) is 32.1 Å². The van der Waals surface area contributed by atoms with Gasteiger partial charge in [-0.05, 0) is 32.3 Å². The fourth-order valence-electron chi connectivity index (χ4n) is 6.48. The van der Waals surface area contributed by atoms with Crippen molar-refractivity contribution in [2.45, 2.75) is 84.6 Å². The van der Waals surface area contributed by atoms with Crippen molar-refractivity contribution >= 4 is 29.2 Å². The van der Waals surface area contributed by atoms with Gasteiger partial charge in [-0.15, -0.1) is 0 Å². The number of phenols is 1. The first-order valence-corrected chi connectivity index (χ1v) is 15.5. The van der Waals surface area contributed by atoms with Crippen LogP contribution in [0.3, 0.4) is 0 Å². The number of hydrogen-bond acceptors (Lipinski definition) is 11. The highest BCUT2D eigenvalue weighted by Gasteiger charge is 2.51. The van der Waals surface area contributed by atoms with E-state index < -0.39 is 64.6 Å². The van der Waals surface area contributed by atoms with Crippen molar-refractivity contribution in [2.24, 2.45) is 11.8 Å². The quantitative estimate of drug-likeness (QED) is 0.442. The number of ketones is 3. The molecule has 0 radical (unpaired) electrons. The monoisotopic (exact) mass is 649 g/mol. The maximum absolute atomic E-state index is 13.8. The Morgan fingerprint density at radius 2 is 1.79 bits per heavy atom. The molecule has 2 N–H and O–H groups in total. The molecule has 0 aromatic heterocycles. The maximum atomic E-state index is 13.8.